The van der Waals surface area contributed by atoms with Gasteiger partial charge in [-0.15, -0.1) is 0 Å². The predicted octanol–water partition coefficient (Wildman–Crippen LogP) is -2.01. The fourth-order valence-electron chi connectivity index (χ4n) is 4.87. The molecule has 0 aliphatic carbocycles. The van der Waals surface area contributed by atoms with E-state index in [9.17, 15) is 24.3 Å². The SMILES string of the molecule is CNC(=O)CC(C(=O)OC)N1CC2(C(=O)OC)CN(C)C(C)C(C(=O)OC)(C1)C2O. The van der Waals surface area contributed by atoms with Crippen molar-refractivity contribution in [3.8, 4) is 0 Å². The number of carbonyl (C=O) groups is 4. The number of nitrogens with one attached hydrogen (secondary N) is 1. The van der Waals surface area contributed by atoms with Crippen LogP contribution in [0.15, 0.2) is 0 Å². The van der Waals surface area contributed by atoms with E-state index in [1.165, 1.54) is 28.4 Å². The summed E-state index contributed by atoms with van der Waals surface area (Å²) >= 11 is 0. The fourth-order valence-corrected chi connectivity index (χ4v) is 4.87. The van der Waals surface area contributed by atoms with Crippen LogP contribution in [0.1, 0.15) is 13.3 Å². The summed E-state index contributed by atoms with van der Waals surface area (Å²) in [6.45, 7) is 1.62. The number of nitrogens with zero attached hydrogens (tertiary/aromatic N) is 2. The van der Waals surface area contributed by atoms with Gasteiger partial charge in [0.2, 0.25) is 5.91 Å². The number of aliphatic hydroxyl groups excluding tert-OH is 1. The van der Waals surface area contributed by atoms with E-state index >= 15 is 0 Å². The fraction of sp³-hybridized carbons (Fsp3) is 0.789. The highest BCUT2D eigenvalue weighted by Gasteiger charge is 2.70. The predicted molar refractivity (Wildman–Crippen MR) is 103 cm³/mol. The van der Waals surface area contributed by atoms with Crippen LogP contribution in [0.3, 0.4) is 0 Å². The van der Waals surface area contributed by atoms with Gasteiger partial charge in [-0.3, -0.25) is 24.1 Å². The number of methoxy groups -OCH3 is 3. The van der Waals surface area contributed by atoms with Gasteiger partial charge in [0.1, 0.15) is 16.9 Å². The normalized spacial score (nSPS) is 32.6. The lowest BCUT2D eigenvalue weighted by Crippen LogP contribution is -2.79. The van der Waals surface area contributed by atoms with E-state index in [4.69, 9.17) is 14.2 Å². The summed E-state index contributed by atoms with van der Waals surface area (Å²) in [4.78, 5) is 53.9. The summed E-state index contributed by atoms with van der Waals surface area (Å²) in [5, 5.41) is 13.8. The minimum Gasteiger partial charge on any atom is -0.468 e. The topological polar surface area (TPSA) is 135 Å². The largest absolute Gasteiger partial charge is 0.468 e. The summed E-state index contributed by atoms with van der Waals surface area (Å²) in [7, 11) is 6.77. The van der Waals surface area contributed by atoms with Gasteiger partial charge >= 0.3 is 17.9 Å². The van der Waals surface area contributed by atoms with E-state index in [2.05, 4.69) is 5.32 Å². The highest BCUT2D eigenvalue weighted by atomic mass is 16.5. The molecular formula is C19H31N3O8. The van der Waals surface area contributed by atoms with E-state index in [-0.39, 0.29) is 26.1 Å². The van der Waals surface area contributed by atoms with Crippen LogP contribution in [0.25, 0.3) is 0 Å². The van der Waals surface area contributed by atoms with Gasteiger partial charge in [-0.05, 0) is 14.0 Å². The number of rotatable bonds is 6. The second-order valence-electron chi connectivity index (χ2n) is 7.99. The van der Waals surface area contributed by atoms with Gasteiger partial charge in [-0.1, -0.05) is 0 Å². The molecule has 0 aromatic heterocycles. The maximum absolute atomic E-state index is 13.0. The van der Waals surface area contributed by atoms with E-state index in [1.807, 2.05) is 0 Å². The lowest BCUT2D eigenvalue weighted by atomic mass is 9.57. The van der Waals surface area contributed by atoms with Crippen molar-refractivity contribution in [3.05, 3.63) is 0 Å². The van der Waals surface area contributed by atoms with Gasteiger partial charge in [0.05, 0.1) is 33.9 Å². The molecule has 2 N–H and O–H groups in total. The molecule has 5 unspecified atom stereocenters. The van der Waals surface area contributed by atoms with Crippen LogP contribution in [0.5, 0.6) is 0 Å². The van der Waals surface area contributed by atoms with Crippen LogP contribution in [-0.4, -0.2) is 112 Å². The van der Waals surface area contributed by atoms with Gasteiger partial charge in [0.25, 0.3) is 0 Å². The molecule has 2 fully saturated rings. The van der Waals surface area contributed by atoms with Crippen molar-refractivity contribution < 1.29 is 38.5 Å². The van der Waals surface area contributed by atoms with Gasteiger partial charge in [-0.2, -0.15) is 0 Å². The number of likely N-dealkylation sites (tertiary alicyclic amines) is 2. The van der Waals surface area contributed by atoms with Crippen LogP contribution in [0.4, 0.5) is 0 Å². The molecule has 0 aromatic carbocycles. The number of carbonyl (C=O) groups excluding carboxylic acids is 4. The summed E-state index contributed by atoms with van der Waals surface area (Å²) in [6, 6.07) is -1.59. The zero-order valence-corrected chi connectivity index (χ0v) is 18.3. The Morgan fingerprint density at radius 3 is 2.17 bits per heavy atom. The molecule has 5 atom stereocenters. The molecule has 2 bridgehead atoms. The van der Waals surface area contributed by atoms with Crippen molar-refractivity contribution in [2.45, 2.75) is 31.5 Å². The Bertz CT molecular complexity index is 716. The lowest BCUT2D eigenvalue weighted by molar-refractivity contribution is -0.232. The molecule has 2 aliphatic rings. The Hall–Kier alpha value is -2.24. The molecule has 11 heteroatoms. The molecule has 0 saturated carbocycles. The third kappa shape index (κ3) is 3.54. The molecule has 11 nitrogen and oxygen atoms in total. The van der Waals surface area contributed by atoms with E-state index in [0.29, 0.717) is 0 Å². The van der Waals surface area contributed by atoms with E-state index < -0.39 is 52.8 Å². The first-order valence-corrected chi connectivity index (χ1v) is 9.63. The number of fused-ring (bicyclic) bond motifs is 2. The van der Waals surface area contributed by atoms with Crippen LogP contribution < -0.4 is 5.32 Å². The number of piperidine rings is 2. The van der Waals surface area contributed by atoms with E-state index in [0.717, 1.165) is 0 Å². The molecule has 30 heavy (non-hydrogen) atoms. The van der Waals surface area contributed by atoms with Gasteiger partial charge in [0.15, 0.2) is 0 Å². The van der Waals surface area contributed by atoms with Crippen LogP contribution in [-0.2, 0) is 33.4 Å². The average molecular weight is 429 g/mol. The van der Waals surface area contributed by atoms with Crippen LogP contribution in [0, 0.1) is 10.8 Å². The zero-order valence-electron chi connectivity index (χ0n) is 18.3. The molecule has 1 amide bonds. The van der Waals surface area contributed by atoms with Crippen molar-refractivity contribution in [2.24, 2.45) is 10.8 Å². The second kappa shape index (κ2) is 8.86. The third-order valence-corrected chi connectivity index (χ3v) is 6.63. The maximum atomic E-state index is 13.0. The van der Waals surface area contributed by atoms with Gasteiger partial charge in [-0.25, -0.2) is 0 Å². The Morgan fingerprint density at radius 2 is 1.67 bits per heavy atom. The minimum absolute atomic E-state index is 0.0884. The first-order chi connectivity index (χ1) is 14.0. The van der Waals surface area contributed by atoms with Crippen molar-refractivity contribution in [2.75, 3.05) is 55.1 Å². The standard InChI is InChI=1S/C19H31N3O8/c1-11-19(17(27)30-6)10-22(12(14(24)28-4)7-13(23)20-2)9-18(15(19)25,8-21(11)3)16(26)29-5/h11-12,15,25H,7-10H2,1-6H3,(H,20,23). The Labute approximate surface area is 175 Å². The van der Waals surface area contributed by atoms with E-state index in [1.54, 1.807) is 23.8 Å². The second-order valence-corrected chi connectivity index (χ2v) is 7.99. The summed E-state index contributed by atoms with van der Waals surface area (Å²) in [5.74, 6) is -2.52. The van der Waals surface area contributed by atoms with Crippen molar-refractivity contribution in [1.82, 2.24) is 15.1 Å². The van der Waals surface area contributed by atoms with Crippen molar-refractivity contribution >= 4 is 23.8 Å². The molecule has 0 spiro atoms. The first-order valence-electron chi connectivity index (χ1n) is 9.63. The number of esters is 3. The molecular weight excluding hydrogens is 398 g/mol. The number of hydrogen-bond donors (Lipinski definition) is 2. The van der Waals surface area contributed by atoms with Crippen LogP contribution >= 0.6 is 0 Å². The number of hydrogen-bond acceptors (Lipinski definition) is 10. The van der Waals surface area contributed by atoms with Crippen LogP contribution in [0.2, 0.25) is 0 Å². The molecule has 2 heterocycles. The summed E-state index contributed by atoms with van der Waals surface area (Å²) < 4.78 is 14.9. The lowest BCUT2D eigenvalue weighted by Gasteiger charge is -2.61. The Morgan fingerprint density at radius 1 is 1.07 bits per heavy atom. The molecule has 2 aliphatic heterocycles. The quantitative estimate of drug-likeness (QED) is 0.360. The smallest absolute Gasteiger partial charge is 0.323 e. The molecule has 2 rings (SSSR count). The third-order valence-electron chi connectivity index (χ3n) is 6.63. The molecule has 2 saturated heterocycles. The molecule has 0 aromatic rings. The summed E-state index contributed by atoms with van der Waals surface area (Å²) in [5.41, 5.74) is -3.08. The number of aliphatic hydroxyl groups is 1. The van der Waals surface area contributed by atoms with Crippen molar-refractivity contribution in [3.63, 3.8) is 0 Å². The first kappa shape index (κ1) is 24.0. The van der Waals surface area contributed by atoms with Gasteiger partial charge in [0, 0.05) is 32.7 Å². The molecule has 0 radical (unpaired) electrons. The number of amides is 1. The Balaban J connectivity index is 2.66. The molecule has 170 valence electrons. The highest BCUT2D eigenvalue weighted by Crippen LogP contribution is 2.51. The average Bonchev–Trinajstić information content (AvgIpc) is 2.75. The highest BCUT2D eigenvalue weighted by molar-refractivity contribution is 5.87. The maximum Gasteiger partial charge on any atom is 0.323 e. The van der Waals surface area contributed by atoms with Crippen molar-refractivity contribution in [1.29, 1.82) is 0 Å². The summed E-state index contributed by atoms with van der Waals surface area (Å²) in [6.07, 6.45) is -1.65. The van der Waals surface area contributed by atoms with Gasteiger partial charge < -0.3 is 29.5 Å². The number of ether oxygens (including phenoxy) is 3. The monoisotopic (exact) mass is 429 g/mol. The minimum atomic E-state index is -1.55. The zero-order chi connectivity index (χ0) is 22.9. The Kier molecular flexibility index (Phi) is 7.10.